The SMILES string of the molecule is Cc1ccc2cnn(CC[C@@H](C)N3C4CCC3CC(OCC3CC3)C4)c2c1. The molecule has 2 unspecified atom stereocenters. The van der Waals surface area contributed by atoms with Crippen LogP contribution in [0.4, 0.5) is 0 Å². The molecule has 4 heteroatoms. The summed E-state index contributed by atoms with van der Waals surface area (Å²) in [5, 5.41) is 5.90. The van der Waals surface area contributed by atoms with Crippen LogP contribution in [0.1, 0.15) is 57.4 Å². The van der Waals surface area contributed by atoms with Crippen molar-refractivity contribution in [1.82, 2.24) is 14.7 Å². The summed E-state index contributed by atoms with van der Waals surface area (Å²) in [4.78, 5) is 2.83. The molecule has 3 atom stereocenters. The molecule has 146 valence electrons. The minimum atomic E-state index is 0.518. The highest BCUT2D eigenvalue weighted by atomic mass is 16.5. The van der Waals surface area contributed by atoms with E-state index in [1.165, 1.54) is 61.4 Å². The molecule has 2 aliphatic heterocycles. The first-order chi connectivity index (χ1) is 13.2. The van der Waals surface area contributed by atoms with Gasteiger partial charge < -0.3 is 4.74 Å². The lowest BCUT2D eigenvalue weighted by Gasteiger charge is -2.42. The van der Waals surface area contributed by atoms with Crippen LogP contribution < -0.4 is 0 Å². The average molecular weight is 368 g/mol. The number of ether oxygens (including phenoxy) is 1. The Labute approximate surface area is 162 Å². The van der Waals surface area contributed by atoms with Crippen molar-refractivity contribution in [2.75, 3.05) is 6.61 Å². The number of hydrogen-bond donors (Lipinski definition) is 0. The zero-order valence-corrected chi connectivity index (χ0v) is 16.8. The van der Waals surface area contributed by atoms with Gasteiger partial charge in [0.25, 0.3) is 0 Å². The minimum absolute atomic E-state index is 0.518. The van der Waals surface area contributed by atoms with Crippen molar-refractivity contribution in [3.05, 3.63) is 30.0 Å². The van der Waals surface area contributed by atoms with E-state index in [9.17, 15) is 0 Å². The fraction of sp³-hybridized carbons (Fsp3) is 0.696. The lowest BCUT2D eigenvalue weighted by Crippen LogP contribution is -2.50. The topological polar surface area (TPSA) is 30.3 Å². The third-order valence-corrected chi connectivity index (χ3v) is 7.08. The van der Waals surface area contributed by atoms with E-state index in [1.54, 1.807) is 0 Å². The lowest BCUT2D eigenvalue weighted by molar-refractivity contribution is -0.0360. The molecule has 0 N–H and O–H groups in total. The third-order valence-electron chi connectivity index (χ3n) is 7.08. The van der Waals surface area contributed by atoms with Gasteiger partial charge in [0.15, 0.2) is 0 Å². The van der Waals surface area contributed by atoms with Gasteiger partial charge in [0.1, 0.15) is 0 Å². The number of nitrogens with zero attached hydrogens (tertiary/aromatic N) is 3. The molecule has 3 aliphatic rings. The number of benzene rings is 1. The van der Waals surface area contributed by atoms with Crippen LogP contribution in [-0.4, -0.2) is 45.5 Å². The summed E-state index contributed by atoms with van der Waals surface area (Å²) in [6.45, 7) is 6.61. The van der Waals surface area contributed by atoms with E-state index >= 15 is 0 Å². The Kier molecular flexibility index (Phi) is 4.73. The largest absolute Gasteiger partial charge is 0.378 e. The zero-order chi connectivity index (χ0) is 18.4. The maximum absolute atomic E-state index is 6.25. The van der Waals surface area contributed by atoms with Gasteiger partial charge in [0.05, 0.1) is 17.8 Å². The number of piperidine rings is 1. The third kappa shape index (κ3) is 3.66. The maximum atomic E-state index is 6.25. The Hall–Kier alpha value is -1.39. The molecule has 5 rings (SSSR count). The van der Waals surface area contributed by atoms with Gasteiger partial charge in [-0.15, -0.1) is 0 Å². The molecule has 27 heavy (non-hydrogen) atoms. The first-order valence-electron chi connectivity index (χ1n) is 11.0. The van der Waals surface area contributed by atoms with E-state index < -0.39 is 0 Å². The average Bonchev–Trinajstić information content (AvgIpc) is 3.35. The van der Waals surface area contributed by atoms with Gasteiger partial charge in [-0.05, 0) is 76.3 Å². The molecular formula is C23H33N3O. The van der Waals surface area contributed by atoms with Crippen molar-refractivity contribution >= 4 is 10.9 Å². The van der Waals surface area contributed by atoms with E-state index in [0.29, 0.717) is 12.1 Å². The Bertz CT molecular complexity index is 782. The zero-order valence-electron chi connectivity index (χ0n) is 16.8. The second-order valence-corrected chi connectivity index (χ2v) is 9.27. The molecule has 0 radical (unpaired) electrons. The Balaban J connectivity index is 1.20. The van der Waals surface area contributed by atoms with Crippen molar-refractivity contribution in [1.29, 1.82) is 0 Å². The van der Waals surface area contributed by atoms with E-state index in [4.69, 9.17) is 4.74 Å². The first kappa shape index (κ1) is 17.7. The van der Waals surface area contributed by atoms with E-state index in [2.05, 4.69) is 46.7 Å². The summed E-state index contributed by atoms with van der Waals surface area (Å²) in [5.41, 5.74) is 2.58. The van der Waals surface area contributed by atoms with E-state index in [0.717, 1.165) is 31.2 Å². The predicted molar refractivity (Wildman–Crippen MR) is 109 cm³/mol. The predicted octanol–water partition coefficient (Wildman–Crippen LogP) is 4.55. The van der Waals surface area contributed by atoms with Crippen LogP contribution in [0.5, 0.6) is 0 Å². The van der Waals surface area contributed by atoms with Crippen LogP contribution in [0.25, 0.3) is 10.9 Å². The standard InChI is InChI=1S/C23H33N3O/c1-16-3-6-19-14-24-25(23(19)11-16)10-9-17(2)26-20-7-8-21(26)13-22(12-20)27-15-18-4-5-18/h3,6,11,14,17-18,20-22H,4-5,7-10,12-13,15H2,1-2H3/t17-,20?,21?,22?/m1/s1. The molecule has 2 saturated heterocycles. The van der Waals surface area contributed by atoms with Crippen LogP contribution >= 0.6 is 0 Å². The van der Waals surface area contributed by atoms with Crippen molar-refractivity contribution in [3.8, 4) is 0 Å². The summed E-state index contributed by atoms with van der Waals surface area (Å²) >= 11 is 0. The number of aromatic nitrogens is 2. The fourth-order valence-electron chi connectivity index (χ4n) is 5.39. The molecule has 3 fully saturated rings. The summed E-state index contributed by atoms with van der Waals surface area (Å²) in [5.74, 6) is 0.882. The summed E-state index contributed by atoms with van der Waals surface area (Å²) in [6.07, 6.45) is 11.7. The number of hydrogen-bond acceptors (Lipinski definition) is 3. The van der Waals surface area contributed by atoms with E-state index in [1.807, 2.05) is 6.20 Å². The molecule has 1 saturated carbocycles. The van der Waals surface area contributed by atoms with Gasteiger partial charge >= 0.3 is 0 Å². The van der Waals surface area contributed by atoms with Gasteiger partial charge in [-0.3, -0.25) is 9.58 Å². The van der Waals surface area contributed by atoms with Crippen molar-refractivity contribution in [2.45, 2.75) is 89.6 Å². The molecule has 1 aliphatic carbocycles. The molecule has 1 aromatic heterocycles. The molecule has 0 spiro atoms. The monoisotopic (exact) mass is 367 g/mol. The number of rotatable bonds is 7. The van der Waals surface area contributed by atoms with Crippen molar-refractivity contribution < 1.29 is 4.74 Å². The first-order valence-corrected chi connectivity index (χ1v) is 11.0. The van der Waals surface area contributed by atoms with Gasteiger partial charge in [0, 0.05) is 36.7 Å². The van der Waals surface area contributed by atoms with Crippen LogP contribution in [0.15, 0.2) is 24.4 Å². The van der Waals surface area contributed by atoms with Crippen LogP contribution in [-0.2, 0) is 11.3 Å². The highest BCUT2D eigenvalue weighted by Crippen LogP contribution is 2.40. The maximum Gasteiger partial charge on any atom is 0.0685 e. The quantitative estimate of drug-likeness (QED) is 0.719. The van der Waals surface area contributed by atoms with E-state index in [-0.39, 0.29) is 0 Å². The highest BCUT2D eigenvalue weighted by molar-refractivity contribution is 5.79. The molecule has 2 aromatic rings. The Morgan fingerprint density at radius 1 is 1.15 bits per heavy atom. The molecule has 3 heterocycles. The lowest BCUT2D eigenvalue weighted by atomic mass is 9.97. The number of fused-ring (bicyclic) bond motifs is 3. The van der Waals surface area contributed by atoms with Gasteiger partial charge in [-0.2, -0.15) is 5.10 Å². The Morgan fingerprint density at radius 3 is 2.67 bits per heavy atom. The summed E-state index contributed by atoms with van der Waals surface area (Å²) in [6, 6.07) is 8.71. The van der Waals surface area contributed by atoms with Gasteiger partial charge in [-0.25, -0.2) is 0 Å². The van der Waals surface area contributed by atoms with Crippen LogP contribution in [0, 0.1) is 12.8 Å². The molecule has 4 nitrogen and oxygen atoms in total. The molecule has 0 amide bonds. The molecular weight excluding hydrogens is 334 g/mol. The van der Waals surface area contributed by atoms with Gasteiger partial charge in [0.2, 0.25) is 0 Å². The normalized spacial score (nSPS) is 29.5. The summed E-state index contributed by atoms with van der Waals surface area (Å²) in [7, 11) is 0. The van der Waals surface area contributed by atoms with Crippen LogP contribution in [0.3, 0.4) is 0 Å². The number of aryl methyl sites for hydroxylation is 2. The minimum Gasteiger partial charge on any atom is -0.378 e. The second kappa shape index (κ2) is 7.21. The smallest absolute Gasteiger partial charge is 0.0685 e. The molecule has 1 aromatic carbocycles. The second-order valence-electron chi connectivity index (χ2n) is 9.27. The summed E-state index contributed by atoms with van der Waals surface area (Å²) < 4.78 is 8.45. The Morgan fingerprint density at radius 2 is 1.93 bits per heavy atom. The van der Waals surface area contributed by atoms with Crippen molar-refractivity contribution in [2.24, 2.45) is 5.92 Å². The fourth-order valence-corrected chi connectivity index (χ4v) is 5.39. The van der Waals surface area contributed by atoms with Crippen LogP contribution in [0.2, 0.25) is 0 Å². The highest BCUT2D eigenvalue weighted by Gasteiger charge is 2.43. The van der Waals surface area contributed by atoms with Gasteiger partial charge in [-0.1, -0.05) is 12.1 Å². The molecule has 2 bridgehead atoms. The van der Waals surface area contributed by atoms with Crippen molar-refractivity contribution in [3.63, 3.8) is 0 Å².